The summed E-state index contributed by atoms with van der Waals surface area (Å²) < 4.78 is 0.853. The van der Waals surface area contributed by atoms with E-state index >= 15 is 0 Å². The van der Waals surface area contributed by atoms with Gasteiger partial charge < -0.3 is 10.4 Å². The molecule has 86 valence electrons. The summed E-state index contributed by atoms with van der Waals surface area (Å²) in [7, 11) is 0. The van der Waals surface area contributed by atoms with Crippen LogP contribution >= 0.6 is 15.9 Å². The molecular formula is C11H12BrNO3. The van der Waals surface area contributed by atoms with Gasteiger partial charge in [0.2, 0.25) is 5.91 Å². The molecule has 1 atom stereocenters. The lowest BCUT2D eigenvalue weighted by Crippen LogP contribution is -2.27. The molecule has 1 amide bonds. The minimum Gasteiger partial charge on any atom is -0.481 e. The summed E-state index contributed by atoms with van der Waals surface area (Å²) in [5.41, 5.74) is 0.770. The number of aliphatic carboxylic acids is 1. The van der Waals surface area contributed by atoms with Gasteiger partial charge in [0.25, 0.3) is 0 Å². The smallest absolute Gasteiger partial charge is 0.305 e. The Bertz CT molecular complexity index is 390. The van der Waals surface area contributed by atoms with E-state index in [0.717, 1.165) is 10.0 Å². The van der Waals surface area contributed by atoms with Gasteiger partial charge in [0.1, 0.15) is 0 Å². The van der Waals surface area contributed by atoms with Crippen LogP contribution in [0.4, 0.5) is 0 Å². The standard InChI is InChI=1S/C11H12BrNO3/c1-7(14)13-10(6-11(15)16)8-3-2-4-9(12)5-8/h2-5,10H,6H2,1H3,(H,13,14)(H,15,16)/t10-/m1/s1. The molecule has 0 saturated carbocycles. The van der Waals surface area contributed by atoms with Gasteiger partial charge in [0.05, 0.1) is 12.5 Å². The fourth-order valence-corrected chi connectivity index (χ4v) is 1.81. The SMILES string of the molecule is CC(=O)N[C@H](CC(=O)O)c1cccc(Br)c1. The van der Waals surface area contributed by atoms with Crippen molar-refractivity contribution in [3.05, 3.63) is 34.3 Å². The Morgan fingerprint density at radius 1 is 1.50 bits per heavy atom. The van der Waals surface area contributed by atoms with Gasteiger partial charge >= 0.3 is 5.97 Å². The average molecular weight is 286 g/mol. The maximum absolute atomic E-state index is 11.0. The summed E-state index contributed by atoms with van der Waals surface area (Å²) in [5, 5.41) is 11.4. The number of amides is 1. The van der Waals surface area contributed by atoms with Gasteiger partial charge in [-0.15, -0.1) is 0 Å². The number of carboxylic acids is 1. The Morgan fingerprint density at radius 2 is 2.19 bits per heavy atom. The minimum atomic E-state index is -0.946. The van der Waals surface area contributed by atoms with E-state index in [1.807, 2.05) is 6.07 Å². The molecule has 0 fully saturated rings. The van der Waals surface area contributed by atoms with Crippen LogP contribution in [0.2, 0.25) is 0 Å². The first-order chi connectivity index (χ1) is 7.49. The predicted molar refractivity (Wildman–Crippen MR) is 63.0 cm³/mol. The highest BCUT2D eigenvalue weighted by atomic mass is 79.9. The molecule has 0 aliphatic carbocycles. The summed E-state index contributed by atoms with van der Waals surface area (Å²) >= 11 is 3.30. The first-order valence-corrected chi connectivity index (χ1v) is 5.52. The van der Waals surface area contributed by atoms with Crippen LogP contribution in [0.1, 0.15) is 24.9 Å². The summed E-state index contributed by atoms with van der Waals surface area (Å²) in [6.45, 7) is 1.37. The molecule has 0 unspecified atom stereocenters. The second kappa shape index (κ2) is 5.65. The predicted octanol–water partition coefficient (Wildman–Crippen LogP) is 2.10. The second-order valence-corrected chi connectivity index (χ2v) is 4.32. The first-order valence-electron chi connectivity index (χ1n) is 4.73. The van der Waals surface area contributed by atoms with Crippen LogP contribution in [0.5, 0.6) is 0 Å². The molecule has 1 aromatic rings. The van der Waals surface area contributed by atoms with Crippen molar-refractivity contribution in [2.75, 3.05) is 0 Å². The first kappa shape index (κ1) is 12.7. The Balaban J connectivity index is 2.90. The van der Waals surface area contributed by atoms with Crippen molar-refractivity contribution in [1.82, 2.24) is 5.32 Å². The number of nitrogens with one attached hydrogen (secondary N) is 1. The molecule has 16 heavy (non-hydrogen) atoms. The van der Waals surface area contributed by atoms with Gasteiger partial charge in [-0.2, -0.15) is 0 Å². The van der Waals surface area contributed by atoms with Gasteiger partial charge in [0, 0.05) is 11.4 Å². The summed E-state index contributed by atoms with van der Waals surface area (Å²) in [5.74, 6) is -1.19. The summed E-state index contributed by atoms with van der Waals surface area (Å²) in [6.07, 6.45) is -0.129. The van der Waals surface area contributed by atoms with Crippen molar-refractivity contribution < 1.29 is 14.7 Å². The van der Waals surface area contributed by atoms with Crippen LogP contribution in [-0.4, -0.2) is 17.0 Å². The van der Waals surface area contributed by atoms with Gasteiger partial charge in [-0.1, -0.05) is 28.1 Å². The lowest BCUT2D eigenvalue weighted by atomic mass is 10.0. The minimum absolute atomic E-state index is 0.129. The molecule has 4 nitrogen and oxygen atoms in total. The van der Waals surface area contributed by atoms with Crippen LogP contribution in [0.15, 0.2) is 28.7 Å². The lowest BCUT2D eigenvalue weighted by molar-refractivity contribution is -0.137. The van der Waals surface area contributed by atoms with Crippen molar-refractivity contribution in [1.29, 1.82) is 0 Å². The van der Waals surface area contributed by atoms with Crippen LogP contribution in [-0.2, 0) is 9.59 Å². The third-order valence-electron chi connectivity index (χ3n) is 2.01. The number of carbonyl (C=O) groups is 2. The maximum atomic E-state index is 11.0. The van der Waals surface area contributed by atoms with Gasteiger partial charge in [-0.3, -0.25) is 9.59 Å². The normalized spacial score (nSPS) is 11.9. The zero-order valence-electron chi connectivity index (χ0n) is 8.74. The molecule has 0 aliphatic heterocycles. The molecule has 0 saturated heterocycles. The van der Waals surface area contributed by atoms with E-state index in [1.165, 1.54) is 6.92 Å². The van der Waals surface area contributed by atoms with Crippen molar-refractivity contribution in [2.24, 2.45) is 0 Å². The Kier molecular flexibility index (Phi) is 4.49. The lowest BCUT2D eigenvalue weighted by Gasteiger charge is -2.16. The van der Waals surface area contributed by atoms with E-state index in [2.05, 4.69) is 21.2 Å². The van der Waals surface area contributed by atoms with Crippen molar-refractivity contribution in [2.45, 2.75) is 19.4 Å². The number of rotatable bonds is 4. The number of carbonyl (C=O) groups excluding carboxylic acids is 1. The number of halogens is 1. The van der Waals surface area contributed by atoms with E-state index in [0.29, 0.717) is 0 Å². The second-order valence-electron chi connectivity index (χ2n) is 3.41. The molecule has 1 aromatic carbocycles. The van der Waals surface area contributed by atoms with Crippen LogP contribution < -0.4 is 5.32 Å². The van der Waals surface area contributed by atoms with Crippen LogP contribution in [0.25, 0.3) is 0 Å². The van der Waals surface area contributed by atoms with Gasteiger partial charge in [-0.25, -0.2) is 0 Å². The summed E-state index contributed by atoms with van der Waals surface area (Å²) in [6, 6.07) is 6.73. The van der Waals surface area contributed by atoms with Crippen LogP contribution in [0, 0.1) is 0 Å². The van der Waals surface area contributed by atoms with Crippen molar-refractivity contribution >= 4 is 27.8 Å². The molecule has 2 N–H and O–H groups in total. The third kappa shape index (κ3) is 4.02. The molecule has 0 aromatic heterocycles. The van der Waals surface area contributed by atoms with Gasteiger partial charge in [0.15, 0.2) is 0 Å². The molecule has 0 aliphatic rings. The number of carboxylic acid groups (broad SMARTS) is 1. The molecular weight excluding hydrogens is 274 g/mol. The number of hydrogen-bond donors (Lipinski definition) is 2. The van der Waals surface area contributed by atoms with Gasteiger partial charge in [-0.05, 0) is 17.7 Å². The molecule has 0 bridgehead atoms. The zero-order valence-corrected chi connectivity index (χ0v) is 10.3. The van der Waals surface area contributed by atoms with E-state index in [-0.39, 0.29) is 12.3 Å². The zero-order chi connectivity index (χ0) is 12.1. The molecule has 5 heteroatoms. The fourth-order valence-electron chi connectivity index (χ4n) is 1.40. The summed E-state index contributed by atoms with van der Waals surface area (Å²) in [4.78, 5) is 21.7. The molecule has 0 heterocycles. The van der Waals surface area contributed by atoms with E-state index in [9.17, 15) is 9.59 Å². The average Bonchev–Trinajstić information content (AvgIpc) is 2.15. The van der Waals surface area contributed by atoms with Crippen molar-refractivity contribution in [3.8, 4) is 0 Å². The largest absolute Gasteiger partial charge is 0.481 e. The highest BCUT2D eigenvalue weighted by molar-refractivity contribution is 9.10. The number of hydrogen-bond acceptors (Lipinski definition) is 2. The van der Waals surface area contributed by atoms with Crippen molar-refractivity contribution in [3.63, 3.8) is 0 Å². The van der Waals surface area contributed by atoms with Crippen LogP contribution in [0.3, 0.4) is 0 Å². The Morgan fingerprint density at radius 3 is 2.69 bits per heavy atom. The fraction of sp³-hybridized carbons (Fsp3) is 0.273. The Hall–Kier alpha value is -1.36. The van der Waals surface area contributed by atoms with E-state index in [1.54, 1.807) is 18.2 Å². The van der Waals surface area contributed by atoms with E-state index < -0.39 is 12.0 Å². The molecule has 0 spiro atoms. The highest BCUT2D eigenvalue weighted by Crippen LogP contribution is 2.20. The topological polar surface area (TPSA) is 66.4 Å². The highest BCUT2D eigenvalue weighted by Gasteiger charge is 2.16. The quantitative estimate of drug-likeness (QED) is 0.890. The number of benzene rings is 1. The monoisotopic (exact) mass is 285 g/mol. The molecule has 1 rings (SSSR count). The molecule has 0 radical (unpaired) electrons. The third-order valence-corrected chi connectivity index (χ3v) is 2.50. The Labute approximate surface area is 102 Å². The maximum Gasteiger partial charge on any atom is 0.305 e. The van der Waals surface area contributed by atoms with E-state index in [4.69, 9.17) is 5.11 Å².